The smallest absolute Gasteiger partial charge is 0.0909 e. The fraction of sp³-hybridized carbons (Fsp3) is 0.0667. The van der Waals surface area contributed by atoms with E-state index in [-0.39, 0.29) is 0 Å². The highest BCUT2D eigenvalue weighted by Gasteiger charge is 2.08. The van der Waals surface area contributed by atoms with E-state index >= 15 is 0 Å². The Morgan fingerprint density at radius 1 is 1.11 bits per heavy atom. The van der Waals surface area contributed by atoms with Crippen LogP contribution in [0.3, 0.4) is 0 Å². The SMILES string of the molecule is CO/C=C(\c1ccc(Cl)cc1)c1ccccc1Br. The predicted octanol–water partition coefficient (Wildman–Crippen LogP) is 5.14. The molecular formula is C15H12BrClO. The Labute approximate surface area is 120 Å². The first-order chi connectivity index (χ1) is 8.72. The van der Waals surface area contributed by atoms with E-state index in [1.165, 1.54) is 0 Å². The number of benzene rings is 2. The number of ether oxygens (including phenoxy) is 1. The van der Waals surface area contributed by atoms with Gasteiger partial charge in [-0.05, 0) is 29.3 Å². The van der Waals surface area contributed by atoms with Crippen molar-refractivity contribution in [2.24, 2.45) is 0 Å². The van der Waals surface area contributed by atoms with Crippen LogP contribution in [0.15, 0.2) is 59.3 Å². The fourth-order valence-electron chi connectivity index (χ4n) is 1.71. The van der Waals surface area contributed by atoms with E-state index in [1.54, 1.807) is 13.4 Å². The van der Waals surface area contributed by atoms with Crippen LogP contribution in [0.25, 0.3) is 5.57 Å². The summed E-state index contributed by atoms with van der Waals surface area (Å²) in [4.78, 5) is 0. The Bertz CT molecular complexity index is 561. The molecule has 0 aromatic heterocycles. The summed E-state index contributed by atoms with van der Waals surface area (Å²) in [5.41, 5.74) is 3.16. The second-order valence-electron chi connectivity index (χ2n) is 3.75. The van der Waals surface area contributed by atoms with E-state index in [1.807, 2.05) is 48.5 Å². The Kier molecular flexibility index (Phi) is 4.45. The van der Waals surface area contributed by atoms with Crippen LogP contribution in [0.4, 0.5) is 0 Å². The molecule has 0 radical (unpaired) electrons. The number of hydrogen-bond donors (Lipinski definition) is 0. The molecule has 0 bridgehead atoms. The molecule has 0 aliphatic carbocycles. The molecule has 18 heavy (non-hydrogen) atoms. The third-order valence-corrected chi connectivity index (χ3v) is 3.50. The van der Waals surface area contributed by atoms with Gasteiger partial charge in [-0.3, -0.25) is 0 Å². The van der Waals surface area contributed by atoms with Gasteiger partial charge in [-0.15, -0.1) is 0 Å². The Morgan fingerprint density at radius 2 is 1.78 bits per heavy atom. The van der Waals surface area contributed by atoms with Crippen LogP contribution >= 0.6 is 27.5 Å². The Morgan fingerprint density at radius 3 is 2.39 bits per heavy atom. The Balaban J connectivity index is 2.51. The molecule has 0 unspecified atom stereocenters. The van der Waals surface area contributed by atoms with Gasteiger partial charge in [0.15, 0.2) is 0 Å². The number of methoxy groups -OCH3 is 1. The third kappa shape index (κ3) is 2.95. The minimum absolute atomic E-state index is 0.725. The summed E-state index contributed by atoms with van der Waals surface area (Å²) in [6.45, 7) is 0. The summed E-state index contributed by atoms with van der Waals surface area (Å²) in [6.07, 6.45) is 1.74. The minimum Gasteiger partial charge on any atom is -0.504 e. The van der Waals surface area contributed by atoms with Crippen molar-refractivity contribution in [3.63, 3.8) is 0 Å². The van der Waals surface area contributed by atoms with Crippen molar-refractivity contribution in [1.29, 1.82) is 0 Å². The van der Waals surface area contributed by atoms with Crippen LogP contribution in [-0.2, 0) is 4.74 Å². The van der Waals surface area contributed by atoms with E-state index in [2.05, 4.69) is 15.9 Å². The van der Waals surface area contributed by atoms with Gasteiger partial charge in [0.2, 0.25) is 0 Å². The number of halogens is 2. The highest BCUT2D eigenvalue weighted by Crippen LogP contribution is 2.30. The lowest BCUT2D eigenvalue weighted by atomic mass is 9.99. The normalized spacial score (nSPS) is 11.4. The summed E-state index contributed by atoms with van der Waals surface area (Å²) >= 11 is 9.47. The summed E-state index contributed by atoms with van der Waals surface area (Å²) < 4.78 is 6.21. The summed E-state index contributed by atoms with van der Waals surface area (Å²) in [7, 11) is 1.65. The van der Waals surface area contributed by atoms with Crippen molar-refractivity contribution in [2.75, 3.05) is 7.11 Å². The van der Waals surface area contributed by atoms with Gasteiger partial charge in [-0.1, -0.05) is 57.9 Å². The van der Waals surface area contributed by atoms with Crippen LogP contribution in [0, 0.1) is 0 Å². The summed E-state index contributed by atoms with van der Waals surface area (Å²) in [5.74, 6) is 0. The maximum atomic E-state index is 5.91. The van der Waals surface area contributed by atoms with Crippen LogP contribution < -0.4 is 0 Å². The standard InChI is InChI=1S/C15H12BrClO/c1-18-10-14(11-6-8-12(17)9-7-11)13-4-2-3-5-15(13)16/h2-10H,1H3/b14-10+. The van der Waals surface area contributed by atoms with E-state index in [4.69, 9.17) is 16.3 Å². The molecule has 3 heteroatoms. The van der Waals surface area contributed by atoms with Crippen molar-refractivity contribution in [1.82, 2.24) is 0 Å². The molecular weight excluding hydrogens is 312 g/mol. The van der Waals surface area contributed by atoms with Gasteiger partial charge in [0.25, 0.3) is 0 Å². The van der Waals surface area contributed by atoms with E-state index < -0.39 is 0 Å². The molecule has 0 saturated heterocycles. The van der Waals surface area contributed by atoms with Crippen molar-refractivity contribution in [3.05, 3.63) is 75.4 Å². The van der Waals surface area contributed by atoms with Gasteiger partial charge in [-0.25, -0.2) is 0 Å². The maximum absolute atomic E-state index is 5.91. The zero-order chi connectivity index (χ0) is 13.0. The quantitative estimate of drug-likeness (QED) is 0.711. The van der Waals surface area contributed by atoms with Crippen molar-refractivity contribution >= 4 is 33.1 Å². The van der Waals surface area contributed by atoms with Gasteiger partial charge in [0.05, 0.1) is 13.4 Å². The van der Waals surface area contributed by atoms with Crippen LogP contribution in [0.5, 0.6) is 0 Å². The molecule has 2 aromatic carbocycles. The van der Waals surface area contributed by atoms with Gasteiger partial charge in [-0.2, -0.15) is 0 Å². The molecule has 0 atom stereocenters. The second kappa shape index (κ2) is 6.07. The number of hydrogen-bond acceptors (Lipinski definition) is 1. The molecule has 92 valence electrons. The lowest BCUT2D eigenvalue weighted by Crippen LogP contribution is -1.90. The lowest BCUT2D eigenvalue weighted by molar-refractivity contribution is 0.340. The molecule has 0 saturated carbocycles. The molecule has 0 heterocycles. The highest BCUT2D eigenvalue weighted by molar-refractivity contribution is 9.10. The zero-order valence-electron chi connectivity index (χ0n) is 9.86. The van der Waals surface area contributed by atoms with Crippen LogP contribution in [0.2, 0.25) is 5.02 Å². The third-order valence-electron chi connectivity index (χ3n) is 2.55. The fourth-order valence-corrected chi connectivity index (χ4v) is 2.34. The molecule has 0 aliphatic rings. The largest absolute Gasteiger partial charge is 0.504 e. The highest BCUT2D eigenvalue weighted by atomic mass is 79.9. The van der Waals surface area contributed by atoms with Gasteiger partial charge >= 0.3 is 0 Å². The minimum atomic E-state index is 0.725. The zero-order valence-corrected chi connectivity index (χ0v) is 12.2. The molecule has 2 aromatic rings. The van der Waals surface area contributed by atoms with Gasteiger partial charge in [0, 0.05) is 15.1 Å². The molecule has 2 rings (SSSR count). The first-order valence-electron chi connectivity index (χ1n) is 5.46. The molecule has 0 spiro atoms. The van der Waals surface area contributed by atoms with Crippen LogP contribution in [-0.4, -0.2) is 7.11 Å². The van der Waals surface area contributed by atoms with Crippen molar-refractivity contribution in [2.45, 2.75) is 0 Å². The topological polar surface area (TPSA) is 9.23 Å². The van der Waals surface area contributed by atoms with Crippen LogP contribution in [0.1, 0.15) is 11.1 Å². The first-order valence-corrected chi connectivity index (χ1v) is 6.63. The average Bonchev–Trinajstić information content (AvgIpc) is 2.38. The second-order valence-corrected chi connectivity index (χ2v) is 5.04. The van der Waals surface area contributed by atoms with E-state index in [0.717, 1.165) is 26.2 Å². The predicted molar refractivity (Wildman–Crippen MR) is 79.7 cm³/mol. The number of rotatable bonds is 3. The van der Waals surface area contributed by atoms with Gasteiger partial charge in [0.1, 0.15) is 0 Å². The molecule has 0 N–H and O–H groups in total. The van der Waals surface area contributed by atoms with Crippen molar-refractivity contribution in [3.8, 4) is 0 Å². The summed E-state index contributed by atoms with van der Waals surface area (Å²) in [5, 5.41) is 0.725. The average molecular weight is 324 g/mol. The molecule has 0 amide bonds. The van der Waals surface area contributed by atoms with Gasteiger partial charge < -0.3 is 4.74 Å². The maximum Gasteiger partial charge on any atom is 0.0909 e. The monoisotopic (exact) mass is 322 g/mol. The van der Waals surface area contributed by atoms with E-state index in [9.17, 15) is 0 Å². The Hall–Kier alpha value is -1.25. The van der Waals surface area contributed by atoms with E-state index in [0.29, 0.717) is 0 Å². The summed E-state index contributed by atoms with van der Waals surface area (Å²) in [6, 6.07) is 15.7. The molecule has 0 aliphatic heterocycles. The first kappa shape index (κ1) is 13.2. The van der Waals surface area contributed by atoms with Crippen molar-refractivity contribution < 1.29 is 4.74 Å². The molecule has 0 fully saturated rings. The molecule has 1 nitrogen and oxygen atoms in total. The lowest BCUT2D eigenvalue weighted by Gasteiger charge is -2.10.